The van der Waals surface area contributed by atoms with Gasteiger partial charge >= 0.3 is 0 Å². The highest BCUT2D eigenvalue weighted by Gasteiger charge is 2.14. The molecule has 1 aliphatic rings. The van der Waals surface area contributed by atoms with Crippen LogP contribution in [0.1, 0.15) is 36.5 Å². The van der Waals surface area contributed by atoms with Gasteiger partial charge < -0.3 is 24.8 Å². The van der Waals surface area contributed by atoms with Gasteiger partial charge in [-0.2, -0.15) is 0 Å². The molecule has 0 saturated carbocycles. The van der Waals surface area contributed by atoms with Crippen molar-refractivity contribution in [2.24, 2.45) is 4.99 Å². The summed E-state index contributed by atoms with van der Waals surface area (Å²) in [4.78, 5) is 4.74. The van der Waals surface area contributed by atoms with E-state index in [1.807, 2.05) is 18.2 Å². The predicted molar refractivity (Wildman–Crippen MR) is 135 cm³/mol. The number of ether oxygens (including phenoxy) is 3. The molecule has 2 aromatic rings. The zero-order chi connectivity index (χ0) is 21.0. The maximum absolute atomic E-state index is 6.04. The highest BCUT2D eigenvalue weighted by atomic mass is 127. The Balaban J connectivity index is 0.00000341. The van der Waals surface area contributed by atoms with E-state index in [1.54, 1.807) is 7.11 Å². The Morgan fingerprint density at radius 2 is 1.77 bits per heavy atom. The fraction of sp³-hybridized carbons (Fsp3) is 0.458. The lowest BCUT2D eigenvalue weighted by Gasteiger charge is -2.22. The predicted octanol–water partition coefficient (Wildman–Crippen LogP) is 4.26. The molecule has 0 spiro atoms. The Labute approximate surface area is 202 Å². The average molecular weight is 539 g/mol. The SMILES string of the molecule is CCNC(=NCc1cccc(COC2CCOCC2)c1)NCc1cccc(OC)c1.I. The van der Waals surface area contributed by atoms with Gasteiger partial charge in [0.15, 0.2) is 5.96 Å². The van der Waals surface area contributed by atoms with Crippen molar-refractivity contribution in [3.63, 3.8) is 0 Å². The molecule has 6 nitrogen and oxygen atoms in total. The van der Waals surface area contributed by atoms with Gasteiger partial charge in [-0.1, -0.05) is 36.4 Å². The van der Waals surface area contributed by atoms with Gasteiger partial charge in [-0.15, -0.1) is 24.0 Å². The molecule has 1 fully saturated rings. The average Bonchev–Trinajstić information content (AvgIpc) is 2.80. The molecule has 3 rings (SSSR count). The van der Waals surface area contributed by atoms with Gasteiger partial charge in [-0.3, -0.25) is 0 Å². The summed E-state index contributed by atoms with van der Waals surface area (Å²) >= 11 is 0. The normalized spacial score (nSPS) is 14.6. The molecule has 7 heteroatoms. The monoisotopic (exact) mass is 539 g/mol. The molecule has 2 aromatic carbocycles. The summed E-state index contributed by atoms with van der Waals surface area (Å²) in [5, 5.41) is 6.69. The van der Waals surface area contributed by atoms with E-state index in [2.05, 4.69) is 47.9 Å². The van der Waals surface area contributed by atoms with Crippen LogP contribution in [0.25, 0.3) is 0 Å². The quantitative estimate of drug-likeness (QED) is 0.283. The van der Waals surface area contributed by atoms with Crippen LogP contribution in [0.5, 0.6) is 5.75 Å². The van der Waals surface area contributed by atoms with Gasteiger partial charge in [-0.05, 0) is 48.6 Å². The summed E-state index contributed by atoms with van der Waals surface area (Å²) < 4.78 is 16.7. The topological polar surface area (TPSA) is 64.1 Å². The second kappa shape index (κ2) is 14.3. The molecule has 1 aliphatic heterocycles. The number of methoxy groups -OCH3 is 1. The molecule has 0 aromatic heterocycles. The molecule has 0 unspecified atom stereocenters. The maximum Gasteiger partial charge on any atom is 0.191 e. The molecule has 0 bridgehead atoms. The third-order valence-corrected chi connectivity index (χ3v) is 5.00. The number of hydrogen-bond acceptors (Lipinski definition) is 4. The first-order valence-electron chi connectivity index (χ1n) is 10.7. The summed E-state index contributed by atoms with van der Waals surface area (Å²) in [6.45, 7) is 6.40. The molecule has 0 radical (unpaired) electrons. The van der Waals surface area contributed by atoms with Crippen LogP contribution >= 0.6 is 24.0 Å². The van der Waals surface area contributed by atoms with Crippen molar-refractivity contribution >= 4 is 29.9 Å². The minimum atomic E-state index is 0. The number of halogens is 1. The van der Waals surface area contributed by atoms with Gasteiger partial charge in [0.1, 0.15) is 5.75 Å². The lowest BCUT2D eigenvalue weighted by atomic mass is 10.1. The molecule has 0 atom stereocenters. The van der Waals surface area contributed by atoms with Crippen molar-refractivity contribution in [3.8, 4) is 5.75 Å². The molecule has 170 valence electrons. The molecule has 1 saturated heterocycles. The van der Waals surface area contributed by atoms with Crippen LogP contribution in [0, 0.1) is 0 Å². The van der Waals surface area contributed by atoms with Crippen LogP contribution in [0.2, 0.25) is 0 Å². The van der Waals surface area contributed by atoms with Crippen molar-refractivity contribution in [3.05, 3.63) is 65.2 Å². The summed E-state index contributed by atoms with van der Waals surface area (Å²) in [5.41, 5.74) is 3.50. The third-order valence-electron chi connectivity index (χ3n) is 5.00. The van der Waals surface area contributed by atoms with Crippen LogP contribution in [0.4, 0.5) is 0 Å². The van der Waals surface area contributed by atoms with Crippen LogP contribution in [-0.2, 0) is 29.2 Å². The third kappa shape index (κ3) is 9.04. The lowest BCUT2D eigenvalue weighted by Crippen LogP contribution is -2.36. The van der Waals surface area contributed by atoms with Crippen molar-refractivity contribution in [2.75, 3.05) is 26.9 Å². The van der Waals surface area contributed by atoms with Gasteiger partial charge in [0.05, 0.1) is 26.4 Å². The number of guanidine groups is 1. The van der Waals surface area contributed by atoms with E-state index in [-0.39, 0.29) is 24.0 Å². The van der Waals surface area contributed by atoms with Crippen LogP contribution in [0.3, 0.4) is 0 Å². The minimum Gasteiger partial charge on any atom is -0.497 e. The van der Waals surface area contributed by atoms with E-state index in [1.165, 1.54) is 11.1 Å². The van der Waals surface area contributed by atoms with E-state index in [0.717, 1.165) is 49.9 Å². The maximum atomic E-state index is 6.04. The molecule has 2 N–H and O–H groups in total. The Kier molecular flexibility index (Phi) is 11.7. The zero-order valence-electron chi connectivity index (χ0n) is 18.4. The fourth-order valence-electron chi connectivity index (χ4n) is 3.35. The first-order chi connectivity index (χ1) is 14.8. The number of hydrogen-bond donors (Lipinski definition) is 2. The van der Waals surface area contributed by atoms with E-state index in [9.17, 15) is 0 Å². The first-order valence-corrected chi connectivity index (χ1v) is 10.7. The Hall–Kier alpha value is -1.84. The van der Waals surface area contributed by atoms with Gasteiger partial charge in [0, 0.05) is 26.3 Å². The fourth-order valence-corrected chi connectivity index (χ4v) is 3.35. The van der Waals surface area contributed by atoms with Gasteiger partial charge in [0.2, 0.25) is 0 Å². The minimum absolute atomic E-state index is 0. The summed E-state index contributed by atoms with van der Waals surface area (Å²) in [6, 6.07) is 16.5. The van der Waals surface area contributed by atoms with Gasteiger partial charge in [-0.25, -0.2) is 4.99 Å². The van der Waals surface area contributed by atoms with E-state index < -0.39 is 0 Å². The summed E-state index contributed by atoms with van der Waals surface area (Å²) in [5.74, 6) is 1.65. The first kappa shape index (κ1) is 25.4. The van der Waals surface area contributed by atoms with Gasteiger partial charge in [0.25, 0.3) is 0 Å². The zero-order valence-corrected chi connectivity index (χ0v) is 20.8. The van der Waals surface area contributed by atoms with E-state index in [0.29, 0.717) is 25.8 Å². The Bertz CT molecular complexity index is 810. The lowest BCUT2D eigenvalue weighted by molar-refractivity contribution is -0.0390. The largest absolute Gasteiger partial charge is 0.497 e. The molecule has 0 aliphatic carbocycles. The number of nitrogens with zero attached hydrogens (tertiary/aromatic N) is 1. The highest BCUT2D eigenvalue weighted by molar-refractivity contribution is 14.0. The van der Waals surface area contributed by atoms with Crippen molar-refractivity contribution in [1.82, 2.24) is 10.6 Å². The van der Waals surface area contributed by atoms with Crippen LogP contribution in [-0.4, -0.2) is 38.9 Å². The Morgan fingerprint density at radius 3 is 2.55 bits per heavy atom. The molecule has 1 heterocycles. The number of nitrogens with one attached hydrogen (secondary N) is 2. The standard InChI is InChI=1S/C24H33N3O3.HI/c1-3-25-24(27-17-20-7-5-9-23(15-20)28-2)26-16-19-6-4-8-21(14-19)18-30-22-10-12-29-13-11-22;/h4-9,14-15,22H,3,10-13,16-18H2,1-2H3,(H2,25,26,27);1H. The van der Waals surface area contributed by atoms with Crippen molar-refractivity contribution < 1.29 is 14.2 Å². The van der Waals surface area contributed by atoms with E-state index in [4.69, 9.17) is 19.2 Å². The molecule has 31 heavy (non-hydrogen) atoms. The number of benzene rings is 2. The van der Waals surface area contributed by atoms with Crippen LogP contribution < -0.4 is 15.4 Å². The second-order valence-electron chi connectivity index (χ2n) is 7.34. The number of aliphatic imine (C=N–C) groups is 1. The number of rotatable bonds is 9. The molecule has 0 amide bonds. The van der Waals surface area contributed by atoms with Crippen molar-refractivity contribution in [1.29, 1.82) is 0 Å². The Morgan fingerprint density at radius 1 is 1.03 bits per heavy atom. The smallest absolute Gasteiger partial charge is 0.191 e. The van der Waals surface area contributed by atoms with E-state index >= 15 is 0 Å². The molecular weight excluding hydrogens is 505 g/mol. The van der Waals surface area contributed by atoms with Crippen LogP contribution in [0.15, 0.2) is 53.5 Å². The summed E-state index contributed by atoms with van der Waals surface area (Å²) in [6.07, 6.45) is 2.27. The summed E-state index contributed by atoms with van der Waals surface area (Å²) in [7, 11) is 1.68. The van der Waals surface area contributed by atoms with Crippen molar-refractivity contribution in [2.45, 2.75) is 45.6 Å². The molecular formula is C24H34IN3O3. The second-order valence-corrected chi connectivity index (χ2v) is 7.34. The highest BCUT2D eigenvalue weighted by Crippen LogP contribution is 2.15.